The third-order valence-corrected chi connectivity index (χ3v) is 2.70. The first-order valence-electron chi connectivity index (χ1n) is 6.20. The van der Waals surface area contributed by atoms with E-state index in [4.69, 9.17) is 5.73 Å². The fraction of sp³-hybridized carbons (Fsp3) is 0.667. The molecule has 0 fully saturated rings. The van der Waals surface area contributed by atoms with Crippen LogP contribution in [0.5, 0.6) is 0 Å². The van der Waals surface area contributed by atoms with E-state index < -0.39 is 0 Å². The van der Waals surface area contributed by atoms with Crippen molar-refractivity contribution < 1.29 is 4.79 Å². The van der Waals surface area contributed by atoms with E-state index in [1.807, 2.05) is 39.6 Å². The zero-order chi connectivity index (χ0) is 13.9. The highest BCUT2D eigenvalue weighted by Gasteiger charge is 2.18. The third-order valence-electron chi connectivity index (χ3n) is 2.70. The van der Waals surface area contributed by atoms with Gasteiger partial charge in [0.2, 0.25) is 5.91 Å². The number of anilines is 2. The van der Waals surface area contributed by atoms with Crippen molar-refractivity contribution in [3.05, 3.63) is 5.69 Å². The second-order valence-electron chi connectivity index (χ2n) is 4.68. The van der Waals surface area contributed by atoms with E-state index in [1.54, 1.807) is 4.68 Å². The van der Waals surface area contributed by atoms with E-state index in [0.717, 1.165) is 11.5 Å². The van der Waals surface area contributed by atoms with E-state index in [9.17, 15) is 4.79 Å². The van der Waals surface area contributed by atoms with Crippen molar-refractivity contribution in [1.29, 1.82) is 0 Å². The minimum Gasteiger partial charge on any atom is -0.394 e. The fourth-order valence-electron chi connectivity index (χ4n) is 1.91. The molecule has 1 aromatic rings. The Balaban J connectivity index is 2.86. The molecule has 3 N–H and O–H groups in total. The van der Waals surface area contributed by atoms with Gasteiger partial charge in [0.25, 0.3) is 0 Å². The van der Waals surface area contributed by atoms with Crippen LogP contribution in [0.4, 0.5) is 11.5 Å². The summed E-state index contributed by atoms with van der Waals surface area (Å²) in [6.07, 6.45) is 0. The van der Waals surface area contributed by atoms with Crippen molar-refractivity contribution in [2.75, 3.05) is 23.7 Å². The molecule has 0 aliphatic heterocycles. The van der Waals surface area contributed by atoms with Gasteiger partial charge in [0.1, 0.15) is 0 Å². The van der Waals surface area contributed by atoms with Crippen LogP contribution in [0.25, 0.3) is 0 Å². The number of rotatable bonds is 5. The van der Waals surface area contributed by atoms with E-state index in [0.29, 0.717) is 12.2 Å². The highest BCUT2D eigenvalue weighted by Crippen LogP contribution is 2.24. The van der Waals surface area contributed by atoms with Crippen molar-refractivity contribution in [3.63, 3.8) is 0 Å². The monoisotopic (exact) mass is 253 g/mol. The predicted octanol–water partition coefficient (Wildman–Crippen LogP) is 0.662. The second kappa shape index (κ2) is 5.75. The molecule has 1 heterocycles. The number of aryl methyl sites for hydroxylation is 2. The van der Waals surface area contributed by atoms with Gasteiger partial charge in [-0.25, -0.2) is 0 Å². The summed E-state index contributed by atoms with van der Waals surface area (Å²) in [4.78, 5) is 13.7. The van der Waals surface area contributed by atoms with E-state index >= 15 is 0 Å². The topological polar surface area (TPSA) is 76.2 Å². The Hall–Kier alpha value is -1.72. The molecule has 18 heavy (non-hydrogen) atoms. The summed E-state index contributed by atoms with van der Waals surface area (Å²) < 4.78 is 1.72. The summed E-state index contributed by atoms with van der Waals surface area (Å²) in [6, 6.07) is 0.141. The Kier molecular flexibility index (Phi) is 4.58. The standard InChI is InChI=1S/C12H23N5O/c1-6-17(7-10(18)14-8(2)3)12-11(13)9(4)15-16(12)5/h8H,6-7,13H2,1-5H3,(H,14,18). The third kappa shape index (κ3) is 3.15. The molecule has 0 saturated heterocycles. The van der Waals surface area contributed by atoms with Gasteiger partial charge in [0, 0.05) is 19.6 Å². The summed E-state index contributed by atoms with van der Waals surface area (Å²) in [7, 11) is 1.84. The molecule has 102 valence electrons. The highest BCUT2D eigenvalue weighted by atomic mass is 16.2. The lowest BCUT2D eigenvalue weighted by Crippen LogP contribution is -2.41. The molecule has 0 aromatic carbocycles. The average molecular weight is 253 g/mol. The average Bonchev–Trinajstić information content (AvgIpc) is 2.49. The van der Waals surface area contributed by atoms with Crippen molar-refractivity contribution in [2.45, 2.75) is 33.7 Å². The lowest BCUT2D eigenvalue weighted by atomic mass is 10.3. The maximum Gasteiger partial charge on any atom is 0.239 e. The van der Waals surface area contributed by atoms with Crippen molar-refractivity contribution in [3.8, 4) is 0 Å². The molecule has 0 unspecified atom stereocenters. The number of aromatic nitrogens is 2. The molecule has 6 nitrogen and oxygen atoms in total. The number of likely N-dealkylation sites (N-methyl/N-ethyl adjacent to an activating group) is 1. The molecular weight excluding hydrogens is 230 g/mol. The summed E-state index contributed by atoms with van der Waals surface area (Å²) in [5, 5.41) is 7.14. The lowest BCUT2D eigenvalue weighted by molar-refractivity contribution is -0.120. The second-order valence-corrected chi connectivity index (χ2v) is 4.68. The van der Waals surface area contributed by atoms with Crippen LogP contribution in [0.2, 0.25) is 0 Å². The van der Waals surface area contributed by atoms with Gasteiger partial charge in [0.15, 0.2) is 5.82 Å². The molecule has 1 rings (SSSR count). The normalized spacial score (nSPS) is 10.8. The first-order chi connectivity index (χ1) is 8.36. The molecule has 6 heteroatoms. The van der Waals surface area contributed by atoms with Gasteiger partial charge >= 0.3 is 0 Å². The first kappa shape index (κ1) is 14.3. The van der Waals surface area contributed by atoms with Gasteiger partial charge < -0.3 is 16.0 Å². The Bertz CT molecular complexity index is 424. The quantitative estimate of drug-likeness (QED) is 0.808. The maximum absolute atomic E-state index is 11.8. The van der Waals surface area contributed by atoms with Crippen molar-refractivity contribution in [1.82, 2.24) is 15.1 Å². The van der Waals surface area contributed by atoms with Crippen molar-refractivity contribution in [2.24, 2.45) is 7.05 Å². The molecule has 0 spiro atoms. The molecule has 0 aliphatic rings. The number of nitrogens with zero attached hydrogens (tertiary/aromatic N) is 3. The number of nitrogens with two attached hydrogens (primary N) is 1. The van der Waals surface area contributed by atoms with Crippen LogP contribution < -0.4 is 16.0 Å². The lowest BCUT2D eigenvalue weighted by Gasteiger charge is -2.23. The van der Waals surface area contributed by atoms with E-state index in [-0.39, 0.29) is 18.5 Å². The minimum absolute atomic E-state index is 0.00916. The van der Waals surface area contributed by atoms with Crippen LogP contribution in [0, 0.1) is 6.92 Å². The number of hydrogen-bond donors (Lipinski definition) is 2. The van der Waals surface area contributed by atoms with E-state index in [1.165, 1.54) is 0 Å². The Labute approximate surface area is 108 Å². The molecule has 0 bridgehead atoms. The number of carbonyl (C=O) groups is 1. The smallest absolute Gasteiger partial charge is 0.239 e. The summed E-state index contributed by atoms with van der Waals surface area (Å²) in [5.74, 6) is 0.791. The van der Waals surface area contributed by atoms with Crippen LogP contribution in [0.3, 0.4) is 0 Å². The van der Waals surface area contributed by atoms with Gasteiger partial charge in [-0.3, -0.25) is 9.48 Å². The fourth-order valence-corrected chi connectivity index (χ4v) is 1.91. The number of hydrogen-bond acceptors (Lipinski definition) is 4. The molecule has 0 atom stereocenters. The van der Waals surface area contributed by atoms with Crippen LogP contribution in [0.1, 0.15) is 26.5 Å². The molecule has 0 radical (unpaired) electrons. The van der Waals surface area contributed by atoms with Gasteiger partial charge in [-0.2, -0.15) is 5.10 Å². The maximum atomic E-state index is 11.8. The predicted molar refractivity (Wildman–Crippen MR) is 73.5 cm³/mol. The van der Waals surface area contributed by atoms with Gasteiger partial charge in [-0.05, 0) is 27.7 Å². The van der Waals surface area contributed by atoms with Gasteiger partial charge in [-0.1, -0.05) is 0 Å². The first-order valence-corrected chi connectivity index (χ1v) is 6.20. The zero-order valence-electron chi connectivity index (χ0n) is 11.8. The van der Waals surface area contributed by atoms with Crippen LogP contribution in [-0.4, -0.2) is 34.8 Å². The Morgan fingerprint density at radius 1 is 1.56 bits per heavy atom. The molecule has 1 amide bonds. The molecule has 1 aromatic heterocycles. The SMILES string of the molecule is CCN(CC(=O)NC(C)C)c1c(N)c(C)nn1C. The Morgan fingerprint density at radius 2 is 2.17 bits per heavy atom. The number of amides is 1. The largest absolute Gasteiger partial charge is 0.394 e. The summed E-state index contributed by atoms with van der Waals surface area (Å²) in [6.45, 7) is 8.73. The Morgan fingerprint density at radius 3 is 2.56 bits per heavy atom. The number of nitrogen functional groups attached to an aromatic ring is 1. The molecular formula is C12H23N5O. The summed E-state index contributed by atoms with van der Waals surface area (Å²) >= 11 is 0. The van der Waals surface area contributed by atoms with Gasteiger partial charge in [0.05, 0.1) is 17.9 Å². The summed E-state index contributed by atoms with van der Waals surface area (Å²) in [5.41, 5.74) is 7.42. The van der Waals surface area contributed by atoms with Crippen LogP contribution in [-0.2, 0) is 11.8 Å². The number of nitrogens with one attached hydrogen (secondary N) is 1. The minimum atomic E-state index is -0.00916. The molecule has 0 saturated carbocycles. The number of carbonyl (C=O) groups excluding carboxylic acids is 1. The van der Waals surface area contributed by atoms with Gasteiger partial charge in [-0.15, -0.1) is 0 Å². The zero-order valence-corrected chi connectivity index (χ0v) is 11.8. The van der Waals surface area contributed by atoms with Crippen LogP contribution in [0.15, 0.2) is 0 Å². The van der Waals surface area contributed by atoms with Crippen molar-refractivity contribution >= 4 is 17.4 Å². The molecule has 0 aliphatic carbocycles. The van der Waals surface area contributed by atoms with E-state index in [2.05, 4.69) is 10.4 Å². The highest BCUT2D eigenvalue weighted by molar-refractivity contribution is 5.82. The van der Waals surface area contributed by atoms with Crippen LogP contribution >= 0.6 is 0 Å².